The van der Waals surface area contributed by atoms with Crippen LogP contribution in [0.5, 0.6) is 0 Å². The van der Waals surface area contributed by atoms with E-state index in [1.54, 1.807) is 0 Å². The van der Waals surface area contributed by atoms with Crippen LogP contribution in [0.2, 0.25) is 0 Å². The molecule has 2 aliphatic rings. The first-order valence-corrected chi connectivity index (χ1v) is 9.78. The summed E-state index contributed by atoms with van der Waals surface area (Å²) in [7, 11) is 4.05. The topological polar surface area (TPSA) is 52.1 Å². The minimum atomic E-state index is 0. The lowest BCUT2D eigenvalue weighted by molar-refractivity contribution is 0.0341. The Bertz CT molecular complexity index is 591. The van der Waals surface area contributed by atoms with Crippen LogP contribution in [0.4, 0.5) is 0 Å². The van der Waals surface area contributed by atoms with E-state index in [0.29, 0.717) is 6.04 Å². The van der Waals surface area contributed by atoms with Gasteiger partial charge in [-0.15, -0.1) is 24.0 Å². The number of likely N-dealkylation sites (N-methyl/N-ethyl adjacent to an activating group) is 1. The molecule has 0 bridgehead atoms. The number of aliphatic imine (C=N–C) groups is 1. The number of halogens is 1. The predicted molar refractivity (Wildman–Crippen MR) is 122 cm³/mol. The molecule has 2 heterocycles. The van der Waals surface area contributed by atoms with E-state index in [4.69, 9.17) is 4.74 Å². The van der Waals surface area contributed by atoms with Gasteiger partial charge in [0.2, 0.25) is 0 Å². The first kappa shape index (κ1) is 22.4. The highest BCUT2D eigenvalue weighted by Crippen LogP contribution is 2.14. The highest BCUT2D eigenvalue weighted by atomic mass is 127. The molecule has 0 aliphatic carbocycles. The van der Waals surface area contributed by atoms with Crippen LogP contribution in [-0.4, -0.2) is 75.3 Å². The summed E-state index contributed by atoms with van der Waals surface area (Å²) < 4.78 is 5.46. The molecule has 152 valence electrons. The van der Waals surface area contributed by atoms with E-state index in [1.165, 1.54) is 30.5 Å². The summed E-state index contributed by atoms with van der Waals surface area (Å²) in [6, 6.07) is 9.30. The molecule has 0 aromatic heterocycles. The van der Waals surface area contributed by atoms with Crippen LogP contribution in [0.15, 0.2) is 29.3 Å². The number of nitrogens with zero attached hydrogens (tertiary/aromatic N) is 3. The maximum atomic E-state index is 5.46. The van der Waals surface area contributed by atoms with E-state index in [0.717, 1.165) is 51.9 Å². The van der Waals surface area contributed by atoms with Crippen LogP contribution in [0.3, 0.4) is 0 Å². The number of benzene rings is 1. The second-order valence-corrected chi connectivity index (χ2v) is 7.24. The van der Waals surface area contributed by atoms with Gasteiger partial charge < -0.3 is 20.3 Å². The normalized spacial score (nSPS) is 21.7. The lowest BCUT2D eigenvalue weighted by Gasteiger charge is -2.27. The fourth-order valence-electron chi connectivity index (χ4n) is 3.74. The molecular weight excluding hydrogens is 453 g/mol. The first-order valence-electron chi connectivity index (χ1n) is 9.78. The third-order valence-electron chi connectivity index (χ3n) is 5.46. The fourth-order valence-corrected chi connectivity index (χ4v) is 3.74. The van der Waals surface area contributed by atoms with Gasteiger partial charge in [0, 0.05) is 45.8 Å². The molecule has 27 heavy (non-hydrogen) atoms. The summed E-state index contributed by atoms with van der Waals surface area (Å²) in [6.07, 6.45) is 2.56. The Morgan fingerprint density at radius 2 is 1.89 bits per heavy atom. The minimum Gasteiger partial charge on any atom is -0.379 e. The van der Waals surface area contributed by atoms with Gasteiger partial charge in [0.15, 0.2) is 5.96 Å². The van der Waals surface area contributed by atoms with Crippen molar-refractivity contribution < 1.29 is 4.74 Å². The Morgan fingerprint density at radius 1 is 1.15 bits per heavy atom. The van der Waals surface area contributed by atoms with Crippen LogP contribution in [0.25, 0.3) is 0 Å². The Balaban J connectivity index is 0.00000261. The molecule has 6 nitrogen and oxygen atoms in total. The average molecular weight is 487 g/mol. The van der Waals surface area contributed by atoms with Crippen molar-refractivity contribution in [1.29, 1.82) is 0 Å². The smallest absolute Gasteiger partial charge is 0.191 e. The molecule has 0 amide bonds. The highest BCUT2D eigenvalue weighted by molar-refractivity contribution is 14.0. The second kappa shape index (κ2) is 11.8. The average Bonchev–Trinajstić information content (AvgIpc) is 3.09. The zero-order valence-corrected chi connectivity index (χ0v) is 18.9. The third-order valence-corrected chi connectivity index (χ3v) is 5.46. The lowest BCUT2D eigenvalue weighted by atomic mass is 10.1. The summed E-state index contributed by atoms with van der Waals surface area (Å²) in [6.45, 7) is 7.64. The molecule has 3 rings (SSSR count). The summed E-state index contributed by atoms with van der Waals surface area (Å²) in [5.41, 5.74) is 2.72. The molecule has 2 fully saturated rings. The number of hydrogen-bond donors (Lipinski definition) is 2. The van der Waals surface area contributed by atoms with E-state index < -0.39 is 0 Å². The summed E-state index contributed by atoms with van der Waals surface area (Å²) in [4.78, 5) is 9.28. The largest absolute Gasteiger partial charge is 0.379 e. The number of nitrogens with one attached hydrogen (secondary N) is 2. The number of rotatable bonds is 6. The van der Waals surface area contributed by atoms with Gasteiger partial charge in [-0.05, 0) is 37.6 Å². The molecule has 7 heteroatoms. The molecule has 2 aliphatic heterocycles. The number of hydrogen-bond acceptors (Lipinski definition) is 4. The van der Waals surface area contributed by atoms with Crippen molar-refractivity contribution in [2.24, 2.45) is 4.99 Å². The minimum absolute atomic E-state index is 0. The maximum absolute atomic E-state index is 5.46. The standard InChI is InChI=1S/C20H33N5O.HI/c1-21-20(23-15-19-8-5-9-24(19)2)22-14-17-6-3-4-7-18(17)16-25-10-12-26-13-11-25;/h3-4,6-7,19H,5,8-16H2,1-2H3,(H2,21,22,23);1H. The molecular formula is C20H34IN5O. The van der Waals surface area contributed by atoms with Crippen LogP contribution in [-0.2, 0) is 17.8 Å². The van der Waals surface area contributed by atoms with Gasteiger partial charge >= 0.3 is 0 Å². The van der Waals surface area contributed by atoms with Crippen molar-refractivity contribution in [2.45, 2.75) is 32.0 Å². The monoisotopic (exact) mass is 487 g/mol. The molecule has 1 unspecified atom stereocenters. The Hall–Kier alpha value is -0.900. The zero-order chi connectivity index (χ0) is 18.2. The number of morpholine rings is 1. The Kier molecular flexibility index (Phi) is 9.81. The summed E-state index contributed by atoms with van der Waals surface area (Å²) >= 11 is 0. The van der Waals surface area contributed by atoms with Crippen LogP contribution >= 0.6 is 24.0 Å². The highest BCUT2D eigenvalue weighted by Gasteiger charge is 2.20. The van der Waals surface area contributed by atoms with E-state index in [9.17, 15) is 0 Å². The molecule has 1 atom stereocenters. The van der Waals surface area contributed by atoms with Gasteiger partial charge in [0.25, 0.3) is 0 Å². The van der Waals surface area contributed by atoms with Crippen LogP contribution < -0.4 is 10.6 Å². The molecule has 1 aromatic carbocycles. The van der Waals surface area contributed by atoms with E-state index in [1.807, 2.05) is 7.05 Å². The van der Waals surface area contributed by atoms with E-state index in [-0.39, 0.29) is 24.0 Å². The zero-order valence-electron chi connectivity index (χ0n) is 16.6. The third kappa shape index (κ3) is 6.89. The van der Waals surface area contributed by atoms with Crippen LogP contribution in [0.1, 0.15) is 24.0 Å². The summed E-state index contributed by atoms with van der Waals surface area (Å²) in [5.74, 6) is 0.881. The quantitative estimate of drug-likeness (QED) is 0.365. The van der Waals surface area contributed by atoms with Gasteiger partial charge in [0.05, 0.1) is 13.2 Å². The molecule has 1 aromatic rings. The Morgan fingerprint density at radius 3 is 2.56 bits per heavy atom. The van der Waals surface area contributed by atoms with E-state index >= 15 is 0 Å². The van der Waals surface area contributed by atoms with Gasteiger partial charge in [-0.3, -0.25) is 9.89 Å². The van der Waals surface area contributed by atoms with Gasteiger partial charge in [-0.25, -0.2) is 0 Å². The lowest BCUT2D eigenvalue weighted by Crippen LogP contribution is -2.43. The van der Waals surface area contributed by atoms with Crippen molar-refractivity contribution in [1.82, 2.24) is 20.4 Å². The molecule has 0 spiro atoms. The van der Waals surface area contributed by atoms with E-state index in [2.05, 4.69) is 56.7 Å². The number of guanidine groups is 1. The van der Waals surface area contributed by atoms with Crippen molar-refractivity contribution in [2.75, 3.05) is 53.5 Å². The fraction of sp³-hybridized carbons (Fsp3) is 0.650. The molecule has 0 radical (unpaired) electrons. The Labute approximate surface area is 180 Å². The molecule has 0 saturated carbocycles. The van der Waals surface area contributed by atoms with Crippen molar-refractivity contribution >= 4 is 29.9 Å². The molecule has 2 N–H and O–H groups in total. The second-order valence-electron chi connectivity index (χ2n) is 7.24. The number of likely N-dealkylation sites (tertiary alicyclic amines) is 1. The SMILES string of the molecule is CN=C(NCc1ccccc1CN1CCOCC1)NCC1CCCN1C.I. The van der Waals surface area contributed by atoms with Crippen molar-refractivity contribution in [3.63, 3.8) is 0 Å². The predicted octanol–water partition coefficient (Wildman–Crippen LogP) is 1.90. The van der Waals surface area contributed by atoms with Gasteiger partial charge in [-0.1, -0.05) is 24.3 Å². The van der Waals surface area contributed by atoms with Crippen molar-refractivity contribution in [3.8, 4) is 0 Å². The summed E-state index contributed by atoms with van der Waals surface area (Å²) in [5, 5.41) is 6.96. The van der Waals surface area contributed by atoms with Gasteiger partial charge in [0.1, 0.15) is 0 Å². The molecule has 2 saturated heterocycles. The number of ether oxygens (including phenoxy) is 1. The first-order chi connectivity index (χ1) is 12.8. The van der Waals surface area contributed by atoms with Crippen LogP contribution in [0, 0.1) is 0 Å². The van der Waals surface area contributed by atoms with Crippen molar-refractivity contribution in [3.05, 3.63) is 35.4 Å². The van der Waals surface area contributed by atoms with Gasteiger partial charge in [-0.2, -0.15) is 0 Å². The maximum Gasteiger partial charge on any atom is 0.191 e.